The summed E-state index contributed by atoms with van der Waals surface area (Å²) in [7, 11) is 8.89. The van der Waals surface area contributed by atoms with E-state index in [4.69, 9.17) is 0 Å². The largest absolute Gasteiger partial charge is 0.390 e. The van der Waals surface area contributed by atoms with Crippen LogP contribution in [0.5, 0.6) is 0 Å². The van der Waals surface area contributed by atoms with Crippen LogP contribution in [0, 0.1) is 53.3 Å². The van der Waals surface area contributed by atoms with Gasteiger partial charge in [0.15, 0.2) is 5.78 Å². The molecule has 0 aromatic heterocycles. The number of hydrogen-bond acceptors (Lipinski definition) is 12. The van der Waals surface area contributed by atoms with Crippen molar-refractivity contribution in [1.82, 2.24) is 50.7 Å². The number of aliphatic hydroxyl groups is 1. The van der Waals surface area contributed by atoms with Crippen LogP contribution >= 0.6 is 0 Å². The topological polar surface area (TPSA) is 276 Å². The summed E-state index contributed by atoms with van der Waals surface area (Å²) in [5.41, 5.74) is 0. The van der Waals surface area contributed by atoms with Crippen LogP contribution in [0.25, 0.3) is 0 Å². The molecule has 5 unspecified atom stereocenters. The molecule has 0 rings (SSSR count). The molecule has 0 aliphatic rings. The molecule has 22 nitrogen and oxygen atoms in total. The Labute approximate surface area is 535 Å². The fraction of sp³-hybridized carbons (Fsp3) is 0.806. The highest BCUT2D eigenvalue weighted by Gasteiger charge is 2.45. The summed E-state index contributed by atoms with van der Waals surface area (Å²) in [6, 6.07) is -11.3. The lowest BCUT2D eigenvalue weighted by Crippen LogP contribution is -2.63. The van der Waals surface area contributed by atoms with Crippen LogP contribution < -0.4 is 21.3 Å². The van der Waals surface area contributed by atoms with Gasteiger partial charge in [-0.3, -0.25) is 52.7 Å². The van der Waals surface area contributed by atoms with E-state index in [-0.39, 0.29) is 72.9 Å². The summed E-state index contributed by atoms with van der Waals surface area (Å²) in [4.78, 5) is 164. The summed E-state index contributed by atoms with van der Waals surface area (Å²) < 4.78 is 0. The molecular formula is C67H122N10O12. The first-order chi connectivity index (χ1) is 40.9. The van der Waals surface area contributed by atoms with Gasteiger partial charge in [0.25, 0.3) is 0 Å². The highest BCUT2D eigenvalue weighted by molar-refractivity contribution is 5.99. The maximum absolute atomic E-state index is 15.1. The molecule has 0 aliphatic heterocycles. The fourth-order valence-corrected chi connectivity index (χ4v) is 11.1. The van der Waals surface area contributed by atoms with Crippen LogP contribution in [0.1, 0.15) is 190 Å². The van der Waals surface area contributed by atoms with Crippen LogP contribution in [0.3, 0.4) is 0 Å². The average molecular weight is 1260 g/mol. The number of ketones is 1. The minimum atomic E-state index is -1.58. The van der Waals surface area contributed by atoms with Crippen molar-refractivity contribution in [2.24, 2.45) is 53.3 Å². The molecule has 512 valence electrons. The number of nitrogens with zero attached hydrogens (tertiary/aromatic N) is 6. The number of allylic oxidation sites excluding steroid dienone is 2. The van der Waals surface area contributed by atoms with Gasteiger partial charge in [-0.25, -0.2) is 0 Å². The van der Waals surface area contributed by atoms with E-state index >= 15 is 9.59 Å². The van der Waals surface area contributed by atoms with Gasteiger partial charge in [0.1, 0.15) is 54.4 Å². The van der Waals surface area contributed by atoms with Crippen molar-refractivity contribution in [3.63, 3.8) is 0 Å². The Kier molecular flexibility index (Phi) is 36.1. The Morgan fingerprint density at radius 2 is 0.787 bits per heavy atom. The first-order valence-electron chi connectivity index (χ1n) is 32.6. The van der Waals surface area contributed by atoms with Crippen LogP contribution in [0.15, 0.2) is 12.2 Å². The molecule has 22 heteroatoms. The molecule has 89 heavy (non-hydrogen) atoms. The Hall–Kier alpha value is -5.93. The molecule has 0 saturated heterocycles. The zero-order valence-corrected chi connectivity index (χ0v) is 59.8. The van der Waals surface area contributed by atoms with Gasteiger partial charge < -0.3 is 55.8 Å². The lowest BCUT2D eigenvalue weighted by atomic mass is 9.91. The number of Topliss-reactive ketones (excluding diaryl/α,β-unsaturated/α-hetero) is 1. The van der Waals surface area contributed by atoms with E-state index in [1.807, 2.05) is 89.2 Å². The SMILES string of the molecule is C/C=C/C[C@@H](C)C(O)[C@@H](C(=O)NC(CC)C(=O)N(C)C(CC(C)C)C(=O)N(C)[C@@H](CC(C)C)C(=O)N[C@H](C(=O)N(C)[C@@H](CC(C)C)C(=O)NC(C)C(=O)N[C@@H](C)C(C)=O)C(C)C)N(C)C(=O)C(C(C)C)N(C)C(=O)[C@H](CC(C)C)N(C)C(=O)[C@H](C)CC(C)C. The molecule has 10 amide bonds. The number of likely N-dealkylation sites (N-methyl/N-ethyl adjacent to an activating group) is 6. The Balaban J connectivity index is 7.37. The molecule has 13 atom stereocenters. The van der Waals surface area contributed by atoms with Crippen molar-refractivity contribution < 1.29 is 57.8 Å². The Morgan fingerprint density at radius 3 is 1.19 bits per heavy atom. The van der Waals surface area contributed by atoms with Gasteiger partial charge in [-0.05, 0) is 120 Å². The van der Waals surface area contributed by atoms with Crippen molar-refractivity contribution in [2.75, 3.05) is 42.3 Å². The zero-order chi connectivity index (χ0) is 69.6. The van der Waals surface area contributed by atoms with E-state index < -0.39 is 137 Å². The third-order valence-electron chi connectivity index (χ3n) is 16.8. The summed E-state index contributed by atoms with van der Waals surface area (Å²) in [6.45, 7) is 37.7. The lowest BCUT2D eigenvalue weighted by Gasteiger charge is -2.41. The fourth-order valence-electron chi connectivity index (χ4n) is 11.1. The molecule has 0 spiro atoms. The highest BCUT2D eigenvalue weighted by atomic mass is 16.3. The molecular weight excluding hydrogens is 1140 g/mol. The second kappa shape index (κ2) is 38.7. The van der Waals surface area contributed by atoms with Crippen LogP contribution in [0.2, 0.25) is 0 Å². The summed E-state index contributed by atoms with van der Waals surface area (Å²) in [6.07, 6.45) is 3.97. The number of carbonyl (C=O) groups excluding carboxylic acids is 11. The van der Waals surface area contributed by atoms with E-state index in [1.165, 1.54) is 80.5 Å². The number of hydrogen-bond donors (Lipinski definition) is 5. The van der Waals surface area contributed by atoms with E-state index in [1.54, 1.807) is 54.7 Å². The molecule has 0 bridgehead atoms. The van der Waals surface area contributed by atoms with Gasteiger partial charge >= 0.3 is 0 Å². The van der Waals surface area contributed by atoms with Gasteiger partial charge in [-0.2, -0.15) is 0 Å². The molecule has 0 heterocycles. The standard InChI is InChI=1S/C67H122N10O12/c1-28-30-31-44(17)57(79)56(77(27)67(89)55(43(15)16)76(26)65(87)53(36-41(11)12)74(24)62(84)45(18)32-37(3)4)61(83)70-49(29-2)63(85)75(25)52(35-40(9)10)64(86)72(22)51(34-39(7)8)60(82)71-54(42(13)14)66(88)73(23)50(33-38(5)6)59(81)69-47(20)58(80)68-46(19)48(21)78/h28,30,37-47,49-57,79H,29,31-36H2,1-27H3,(H,68,80)(H,69,81)(H,70,83)(H,71,82)/b30-28+/t44-,45-,46+,47?,49?,50+,51+,52?,53+,54+,55?,56+,57?/m1/s1. The number of carbonyl (C=O) groups is 11. The predicted octanol–water partition coefficient (Wildman–Crippen LogP) is 6.07. The van der Waals surface area contributed by atoms with Crippen molar-refractivity contribution in [1.29, 1.82) is 0 Å². The van der Waals surface area contributed by atoms with Gasteiger partial charge in [-0.15, -0.1) is 0 Å². The molecule has 5 N–H and O–H groups in total. The van der Waals surface area contributed by atoms with Gasteiger partial charge in [0.05, 0.1) is 12.1 Å². The van der Waals surface area contributed by atoms with Crippen LogP contribution in [0.4, 0.5) is 0 Å². The molecule has 0 aromatic rings. The van der Waals surface area contributed by atoms with Crippen LogP contribution in [-0.2, 0) is 52.7 Å². The smallest absolute Gasteiger partial charge is 0.246 e. The van der Waals surface area contributed by atoms with Gasteiger partial charge in [0, 0.05) is 48.2 Å². The van der Waals surface area contributed by atoms with Gasteiger partial charge in [0.2, 0.25) is 59.1 Å². The molecule has 0 aliphatic carbocycles. The second-order valence-electron chi connectivity index (χ2n) is 28.0. The molecule has 0 radical (unpaired) electrons. The maximum atomic E-state index is 15.1. The first-order valence-corrected chi connectivity index (χ1v) is 32.6. The second-order valence-corrected chi connectivity index (χ2v) is 28.0. The van der Waals surface area contributed by atoms with Crippen molar-refractivity contribution >= 4 is 64.9 Å². The summed E-state index contributed by atoms with van der Waals surface area (Å²) in [5, 5.41) is 23.1. The molecule has 0 saturated carbocycles. The molecule has 0 fully saturated rings. The predicted molar refractivity (Wildman–Crippen MR) is 350 cm³/mol. The average Bonchev–Trinajstić information content (AvgIpc) is 1.12. The lowest BCUT2D eigenvalue weighted by molar-refractivity contribution is -0.156. The minimum absolute atomic E-state index is 0.00494. The van der Waals surface area contributed by atoms with E-state index in [0.717, 1.165) is 4.90 Å². The Morgan fingerprint density at radius 1 is 0.404 bits per heavy atom. The third-order valence-corrected chi connectivity index (χ3v) is 16.8. The monoisotopic (exact) mass is 1260 g/mol. The normalized spacial score (nSPS) is 16.3. The maximum Gasteiger partial charge on any atom is 0.246 e. The quantitative estimate of drug-likeness (QED) is 0.0441. The number of aliphatic hydroxyl groups excluding tert-OH is 1. The van der Waals surface area contributed by atoms with E-state index in [9.17, 15) is 48.3 Å². The Bertz CT molecular complexity index is 2370. The highest BCUT2D eigenvalue weighted by Crippen LogP contribution is 2.26. The number of rotatable bonds is 38. The van der Waals surface area contributed by atoms with Crippen molar-refractivity contribution in [2.45, 2.75) is 257 Å². The zero-order valence-electron chi connectivity index (χ0n) is 59.8. The summed E-state index contributed by atoms with van der Waals surface area (Å²) in [5.74, 6) is -8.15. The molecule has 0 aromatic carbocycles. The van der Waals surface area contributed by atoms with E-state index in [2.05, 4.69) is 21.3 Å². The van der Waals surface area contributed by atoms with E-state index in [0.29, 0.717) is 19.3 Å². The minimum Gasteiger partial charge on any atom is -0.390 e. The van der Waals surface area contributed by atoms with Crippen molar-refractivity contribution in [3.05, 3.63) is 12.2 Å². The third kappa shape index (κ3) is 25.3. The van der Waals surface area contributed by atoms with Crippen LogP contribution in [-0.4, -0.2) is 208 Å². The summed E-state index contributed by atoms with van der Waals surface area (Å²) >= 11 is 0. The number of nitrogens with one attached hydrogen (secondary N) is 4. The van der Waals surface area contributed by atoms with Gasteiger partial charge in [-0.1, -0.05) is 130 Å². The number of amides is 10. The first kappa shape index (κ1) is 83.1. The van der Waals surface area contributed by atoms with Crippen molar-refractivity contribution in [3.8, 4) is 0 Å².